The molecule has 3 aromatic rings. The van der Waals surface area contributed by atoms with Gasteiger partial charge in [0, 0.05) is 17.1 Å². The van der Waals surface area contributed by atoms with Gasteiger partial charge in [0.15, 0.2) is 6.61 Å². The number of halogens is 1. The van der Waals surface area contributed by atoms with E-state index in [0.29, 0.717) is 21.6 Å². The molecule has 0 unspecified atom stereocenters. The molecular weight excluding hydrogens is 459 g/mol. The Morgan fingerprint density at radius 1 is 1.03 bits per heavy atom. The zero-order valence-corrected chi connectivity index (χ0v) is 19.4. The van der Waals surface area contributed by atoms with E-state index in [9.17, 15) is 9.18 Å². The van der Waals surface area contributed by atoms with Gasteiger partial charge in [0.1, 0.15) is 23.9 Å². The number of hydrogen-bond donors (Lipinski definition) is 1. The molecule has 4 rings (SSSR count). The van der Waals surface area contributed by atoms with Crippen LogP contribution in [0.15, 0.2) is 77.9 Å². The average Bonchev–Trinajstić information content (AvgIpc) is 3.38. The van der Waals surface area contributed by atoms with E-state index < -0.39 is 0 Å². The Labute approximate surface area is 200 Å². The summed E-state index contributed by atoms with van der Waals surface area (Å²) in [7, 11) is 0. The number of nitrogens with zero attached hydrogens (tertiary/aromatic N) is 1. The first-order chi connectivity index (χ1) is 16.2. The molecule has 0 aliphatic carbocycles. The third kappa shape index (κ3) is 7.00. The van der Waals surface area contributed by atoms with Crippen LogP contribution < -0.4 is 14.9 Å². The van der Waals surface area contributed by atoms with E-state index in [-0.39, 0.29) is 24.9 Å². The predicted octanol–water partition coefficient (Wildman–Crippen LogP) is 5.41. The highest BCUT2D eigenvalue weighted by Gasteiger charge is 2.18. The van der Waals surface area contributed by atoms with Crippen LogP contribution in [-0.2, 0) is 11.4 Å². The normalized spacial score (nSPS) is 13.8. The molecule has 1 fully saturated rings. The van der Waals surface area contributed by atoms with Gasteiger partial charge in [0.25, 0.3) is 5.91 Å². The highest BCUT2D eigenvalue weighted by Crippen LogP contribution is 2.45. The molecule has 0 radical (unpaired) electrons. The molecule has 0 spiro atoms. The quantitative estimate of drug-likeness (QED) is 0.326. The van der Waals surface area contributed by atoms with E-state index in [1.807, 2.05) is 66.0 Å². The van der Waals surface area contributed by atoms with E-state index in [1.165, 1.54) is 35.4 Å². The largest absolute Gasteiger partial charge is 0.488 e. The number of benzene rings is 3. The van der Waals surface area contributed by atoms with Crippen LogP contribution in [0.4, 0.5) is 4.39 Å². The summed E-state index contributed by atoms with van der Waals surface area (Å²) in [5.41, 5.74) is 5.14. The molecular formula is C25H23FN2O3S2. The van der Waals surface area contributed by atoms with Gasteiger partial charge in [-0.2, -0.15) is 5.10 Å². The second-order valence-corrected chi connectivity index (χ2v) is 9.91. The molecule has 170 valence electrons. The summed E-state index contributed by atoms with van der Waals surface area (Å²) in [6.45, 7) is 0.0844. The molecule has 0 bridgehead atoms. The molecule has 0 aromatic heterocycles. The van der Waals surface area contributed by atoms with Gasteiger partial charge in [-0.3, -0.25) is 4.79 Å². The van der Waals surface area contributed by atoms with Crippen LogP contribution in [-0.4, -0.2) is 30.2 Å². The summed E-state index contributed by atoms with van der Waals surface area (Å²) in [6, 6.07) is 21.4. The predicted molar refractivity (Wildman–Crippen MR) is 133 cm³/mol. The van der Waals surface area contributed by atoms with E-state index in [2.05, 4.69) is 10.5 Å². The van der Waals surface area contributed by atoms with Crippen LogP contribution in [0.5, 0.6) is 11.5 Å². The third-order valence-electron chi connectivity index (χ3n) is 4.74. The molecule has 5 nitrogen and oxygen atoms in total. The van der Waals surface area contributed by atoms with E-state index >= 15 is 0 Å². The van der Waals surface area contributed by atoms with E-state index in [0.717, 1.165) is 5.56 Å². The molecule has 3 aromatic carbocycles. The van der Waals surface area contributed by atoms with Crippen molar-refractivity contribution in [3.63, 3.8) is 0 Å². The van der Waals surface area contributed by atoms with Crippen molar-refractivity contribution in [1.29, 1.82) is 0 Å². The number of hydrogen-bond acceptors (Lipinski definition) is 6. The number of carbonyl (C=O) groups excluding carboxylic acids is 1. The van der Waals surface area contributed by atoms with Gasteiger partial charge >= 0.3 is 0 Å². The molecule has 33 heavy (non-hydrogen) atoms. The number of para-hydroxylation sites is 1. The first-order valence-electron chi connectivity index (χ1n) is 10.4. The Morgan fingerprint density at radius 3 is 2.61 bits per heavy atom. The van der Waals surface area contributed by atoms with Crippen LogP contribution in [0.3, 0.4) is 0 Å². The highest BCUT2D eigenvalue weighted by atomic mass is 32.2. The Bertz CT molecular complexity index is 1100. The van der Waals surface area contributed by atoms with Crippen molar-refractivity contribution in [1.82, 2.24) is 5.43 Å². The second-order valence-electron chi connectivity index (χ2n) is 7.18. The summed E-state index contributed by atoms with van der Waals surface area (Å²) < 4.78 is 25.2. The molecule has 0 saturated carbocycles. The zero-order chi connectivity index (χ0) is 22.9. The van der Waals surface area contributed by atoms with Crippen molar-refractivity contribution in [3.8, 4) is 11.5 Å². The number of amides is 1. The number of ether oxygens (including phenoxy) is 2. The third-order valence-corrected chi connectivity index (χ3v) is 7.84. The van der Waals surface area contributed by atoms with Gasteiger partial charge in [0.2, 0.25) is 0 Å². The van der Waals surface area contributed by atoms with Crippen LogP contribution >= 0.6 is 23.5 Å². The Hall–Kier alpha value is -2.97. The maximum Gasteiger partial charge on any atom is 0.277 e. The fraction of sp³-hybridized carbons (Fsp3) is 0.200. The lowest BCUT2D eigenvalue weighted by molar-refractivity contribution is -0.123. The highest BCUT2D eigenvalue weighted by molar-refractivity contribution is 8.19. The summed E-state index contributed by atoms with van der Waals surface area (Å²) in [5.74, 6) is 2.90. The minimum absolute atomic E-state index is 0.138. The SMILES string of the molecule is O=C(COc1ccc(C2SCCS2)cc1)N/N=C\c1ccccc1OCc1cccc(F)c1. The van der Waals surface area contributed by atoms with Crippen molar-refractivity contribution in [2.45, 2.75) is 11.2 Å². The lowest BCUT2D eigenvalue weighted by atomic mass is 10.2. The van der Waals surface area contributed by atoms with Crippen molar-refractivity contribution in [3.05, 3.63) is 95.3 Å². The van der Waals surface area contributed by atoms with Crippen molar-refractivity contribution >= 4 is 35.6 Å². The second kappa shape index (κ2) is 11.8. The minimum Gasteiger partial charge on any atom is -0.488 e. The van der Waals surface area contributed by atoms with Crippen molar-refractivity contribution < 1.29 is 18.7 Å². The summed E-state index contributed by atoms with van der Waals surface area (Å²) in [6.07, 6.45) is 1.50. The Balaban J connectivity index is 1.25. The fourth-order valence-corrected chi connectivity index (χ4v) is 5.99. The summed E-state index contributed by atoms with van der Waals surface area (Å²) in [5, 5.41) is 4.00. The van der Waals surface area contributed by atoms with Gasteiger partial charge in [-0.1, -0.05) is 36.4 Å². The molecule has 8 heteroatoms. The Morgan fingerprint density at radius 2 is 1.82 bits per heavy atom. The molecule has 1 aliphatic rings. The van der Waals surface area contributed by atoms with Crippen LogP contribution in [0.25, 0.3) is 0 Å². The summed E-state index contributed by atoms with van der Waals surface area (Å²) >= 11 is 3.90. The van der Waals surface area contributed by atoms with Crippen LogP contribution in [0.1, 0.15) is 21.3 Å². The van der Waals surface area contributed by atoms with E-state index in [4.69, 9.17) is 9.47 Å². The van der Waals surface area contributed by atoms with Crippen molar-refractivity contribution in [2.24, 2.45) is 5.10 Å². The standard InChI is InChI=1S/C25H23FN2O3S2/c26-21-6-3-4-18(14-21)16-31-23-7-2-1-5-20(23)15-27-28-24(29)17-30-22-10-8-19(9-11-22)25-32-12-13-33-25/h1-11,14-15,25H,12-13,16-17H2,(H,28,29)/b27-15-. The first kappa shape index (κ1) is 23.2. The van der Waals surface area contributed by atoms with Gasteiger partial charge in [0.05, 0.1) is 10.8 Å². The lowest BCUT2D eigenvalue weighted by Crippen LogP contribution is -2.24. The zero-order valence-electron chi connectivity index (χ0n) is 17.8. The topological polar surface area (TPSA) is 59.9 Å². The molecule has 1 N–H and O–H groups in total. The molecule has 1 aliphatic heterocycles. The fourth-order valence-electron chi connectivity index (χ4n) is 3.13. The number of nitrogens with one attached hydrogen (secondary N) is 1. The first-order valence-corrected chi connectivity index (χ1v) is 12.5. The number of carbonyl (C=O) groups is 1. The molecule has 1 amide bonds. The maximum atomic E-state index is 13.3. The van der Waals surface area contributed by atoms with Gasteiger partial charge in [-0.25, -0.2) is 9.82 Å². The van der Waals surface area contributed by atoms with E-state index in [1.54, 1.807) is 18.2 Å². The van der Waals surface area contributed by atoms with Crippen LogP contribution in [0, 0.1) is 5.82 Å². The average molecular weight is 483 g/mol. The van der Waals surface area contributed by atoms with Crippen molar-refractivity contribution in [2.75, 3.05) is 18.1 Å². The molecule has 1 heterocycles. The van der Waals surface area contributed by atoms with Gasteiger partial charge < -0.3 is 9.47 Å². The number of thioether (sulfide) groups is 2. The van der Waals surface area contributed by atoms with Gasteiger partial charge in [-0.05, 0) is 47.5 Å². The molecule has 1 saturated heterocycles. The smallest absolute Gasteiger partial charge is 0.277 e. The minimum atomic E-state index is -0.365. The lowest BCUT2D eigenvalue weighted by Gasteiger charge is -2.10. The van der Waals surface area contributed by atoms with Gasteiger partial charge in [-0.15, -0.1) is 23.5 Å². The molecule has 0 atom stereocenters. The summed E-state index contributed by atoms with van der Waals surface area (Å²) in [4.78, 5) is 12.1. The number of rotatable bonds is 9. The monoisotopic (exact) mass is 482 g/mol. The number of hydrazone groups is 1. The Kier molecular flexibility index (Phi) is 8.27. The maximum absolute atomic E-state index is 13.3. The van der Waals surface area contributed by atoms with Crippen LogP contribution in [0.2, 0.25) is 0 Å².